The Morgan fingerprint density at radius 1 is 1.58 bits per heavy atom. The highest BCUT2D eigenvalue weighted by atomic mass is 16.6. The van der Waals surface area contributed by atoms with Gasteiger partial charge in [-0.05, 0) is 13.0 Å². The number of anilines is 1. The second-order valence-electron chi connectivity index (χ2n) is 4.38. The van der Waals surface area contributed by atoms with Crippen molar-refractivity contribution in [1.82, 2.24) is 0 Å². The summed E-state index contributed by atoms with van der Waals surface area (Å²) in [6, 6.07) is 3.77. The minimum atomic E-state index is -1.09. The smallest absolute Gasteiger partial charge is 0.337 e. The molecule has 1 aromatic carbocycles. The molecule has 2 rings (SSSR count). The van der Waals surface area contributed by atoms with Crippen molar-refractivity contribution in [3.8, 4) is 0 Å². The van der Waals surface area contributed by atoms with Crippen LogP contribution in [0.1, 0.15) is 17.3 Å². The molecule has 1 fully saturated rings. The number of nitrogens with zero attached hydrogens (tertiary/aromatic N) is 2. The summed E-state index contributed by atoms with van der Waals surface area (Å²) in [6.45, 7) is 3.36. The number of carbonyl (C=O) groups is 1. The van der Waals surface area contributed by atoms with Crippen molar-refractivity contribution in [2.45, 2.75) is 13.0 Å². The van der Waals surface area contributed by atoms with Crippen molar-refractivity contribution in [1.29, 1.82) is 0 Å². The summed E-state index contributed by atoms with van der Waals surface area (Å²) >= 11 is 0. The Morgan fingerprint density at radius 3 is 2.89 bits per heavy atom. The number of hydrogen-bond donors (Lipinski definition) is 1. The van der Waals surface area contributed by atoms with Gasteiger partial charge >= 0.3 is 5.97 Å². The van der Waals surface area contributed by atoms with Crippen LogP contribution in [0.15, 0.2) is 18.2 Å². The van der Waals surface area contributed by atoms with Crippen molar-refractivity contribution in [3.63, 3.8) is 0 Å². The second-order valence-corrected chi connectivity index (χ2v) is 4.38. The monoisotopic (exact) mass is 266 g/mol. The average Bonchev–Trinajstić information content (AvgIpc) is 2.38. The van der Waals surface area contributed by atoms with Gasteiger partial charge in [0, 0.05) is 24.7 Å². The molecule has 7 nitrogen and oxygen atoms in total. The number of rotatable bonds is 3. The normalized spacial score (nSPS) is 19.2. The van der Waals surface area contributed by atoms with Gasteiger partial charge < -0.3 is 14.7 Å². The van der Waals surface area contributed by atoms with Crippen LogP contribution in [0.25, 0.3) is 0 Å². The molecule has 1 aromatic rings. The van der Waals surface area contributed by atoms with Gasteiger partial charge in [-0.1, -0.05) is 0 Å². The Hall–Kier alpha value is -2.15. The van der Waals surface area contributed by atoms with Crippen LogP contribution in [0.2, 0.25) is 0 Å². The zero-order chi connectivity index (χ0) is 14.0. The quantitative estimate of drug-likeness (QED) is 0.658. The molecule has 1 heterocycles. The fourth-order valence-corrected chi connectivity index (χ4v) is 2.14. The predicted molar refractivity (Wildman–Crippen MR) is 67.7 cm³/mol. The first-order chi connectivity index (χ1) is 9.00. The van der Waals surface area contributed by atoms with E-state index in [9.17, 15) is 20.0 Å². The van der Waals surface area contributed by atoms with Gasteiger partial charge in [0.05, 0.1) is 29.4 Å². The molecule has 0 bridgehead atoms. The Morgan fingerprint density at radius 2 is 2.32 bits per heavy atom. The van der Waals surface area contributed by atoms with Gasteiger partial charge in [0.2, 0.25) is 0 Å². The largest absolute Gasteiger partial charge is 0.478 e. The highest BCUT2D eigenvalue weighted by Crippen LogP contribution is 2.28. The summed E-state index contributed by atoms with van der Waals surface area (Å²) in [5.74, 6) is -1.09. The van der Waals surface area contributed by atoms with Crippen LogP contribution >= 0.6 is 0 Å². The minimum Gasteiger partial charge on any atom is -0.478 e. The lowest BCUT2D eigenvalue weighted by Crippen LogP contribution is -2.44. The lowest BCUT2D eigenvalue weighted by Gasteiger charge is -2.35. The topological polar surface area (TPSA) is 92.9 Å². The maximum absolute atomic E-state index is 11.2. The lowest BCUT2D eigenvalue weighted by atomic mass is 10.1. The lowest BCUT2D eigenvalue weighted by molar-refractivity contribution is -0.384. The molecule has 19 heavy (non-hydrogen) atoms. The number of aromatic carboxylic acids is 1. The zero-order valence-electron chi connectivity index (χ0n) is 10.4. The second kappa shape index (κ2) is 5.23. The molecule has 102 valence electrons. The van der Waals surface area contributed by atoms with Gasteiger partial charge in [-0.3, -0.25) is 10.1 Å². The summed E-state index contributed by atoms with van der Waals surface area (Å²) in [4.78, 5) is 23.3. The number of benzene rings is 1. The molecule has 1 unspecified atom stereocenters. The van der Waals surface area contributed by atoms with E-state index < -0.39 is 10.9 Å². The van der Waals surface area contributed by atoms with Gasteiger partial charge in [0.15, 0.2) is 0 Å². The molecular formula is C12H14N2O5. The highest BCUT2D eigenvalue weighted by Gasteiger charge is 2.25. The van der Waals surface area contributed by atoms with E-state index >= 15 is 0 Å². The SMILES string of the molecule is CC1COCCN1c1cc([N+](=O)[O-])ccc1C(=O)O. The Bertz CT molecular complexity index is 517. The number of non-ortho nitro benzene ring substituents is 1. The summed E-state index contributed by atoms with van der Waals surface area (Å²) in [6.07, 6.45) is 0. The first-order valence-corrected chi connectivity index (χ1v) is 5.87. The van der Waals surface area contributed by atoms with Gasteiger partial charge in [-0.25, -0.2) is 4.79 Å². The van der Waals surface area contributed by atoms with Crippen LogP contribution in [-0.4, -0.2) is 41.8 Å². The fraction of sp³-hybridized carbons (Fsp3) is 0.417. The third kappa shape index (κ3) is 2.65. The molecule has 0 aromatic heterocycles. The van der Waals surface area contributed by atoms with E-state index in [4.69, 9.17) is 4.74 Å². The molecular weight excluding hydrogens is 252 g/mol. The van der Waals surface area contributed by atoms with Gasteiger partial charge in [-0.15, -0.1) is 0 Å². The van der Waals surface area contributed by atoms with E-state index in [0.717, 1.165) is 0 Å². The third-order valence-electron chi connectivity index (χ3n) is 3.10. The number of carboxylic acid groups (broad SMARTS) is 1. The Kier molecular flexibility index (Phi) is 3.66. The van der Waals surface area contributed by atoms with Crippen molar-refractivity contribution in [2.75, 3.05) is 24.7 Å². The van der Waals surface area contributed by atoms with E-state index in [2.05, 4.69) is 0 Å². The fourth-order valence-electron chi connectivity index (χ4n) is 2.14. The van der Waals surface area contributed by atoms with Crippen LogP contribution in [0.3, 0.4) is 0 Å². The summed E-state index contributed by atoms with van der Waals surface area (Å²) in [5.41, 5.74) is 0.329. The van der Waals surface area contributed by atoms with E-state index in [1.165, 1.54) is 18.2 Å². The molecule has 0 saturated carbocycles. The highest BCUT2D eigenvalue weighted by molar-refractivity contribution is 5.95. The molecule has 0 amide bonds. The van der Waals surface area contributed by atoms with Gasteiger partial charge in [0.1, 0.15) is 0 Å². The standard InChI is InChI=1S/C12H14N2O5/c1-8-7-19-5-4-13(8)11-6-9(14(17)18)2-3-10(11)12(15)16/h2-3,6,8H,4-5,7H2,1H3,(H,15,16). The molecule has 0 radical (unpaired) electrons. The van der Waals surface area contributed by atoms with Crippen molar-refractivity contribution in [2.24, 2.45) is 0 Å². The third-order valence-corrected chi connectivity index (χ3v) is 3.10. The van der Waals surface area contributed by atoms with Crippen molar-refractivity contribution < 1.29 is 19.6 Å². The molecule has 1 saturated heterocycles. The molecule has 1 aliphatic heterocycles. The Labute approximate surface area is 109 Å². The number of nitro benzene ring substituents is 1. The van der Waals surface area contributed by atoms with E-state index in [1.807, 2.05) is 11.8 Å². The zero-order valence-corrected chi connectivity index (χ0v) is 10.4. The van der Waals surface area contributed by atoms with Crippen LogP contribution in [0.4, 0.5) is 11.4 Å². The summed E-state index contributed by atoms with van der Waals surface area (Å²) in [7, 11) is 0. The predicted octanol–water partition coefficient (Wildman–Crippen LogP) is 1.52. The van der Waals surface area contributed by atoms with Crippen LogP contribution in [0, 0.1) is 10.1 Å². The molecule has 0 spiro atoms. The van der Waals surface area contributed by atoms with Gasteiger partial charge in [0.25, 0.3) is 5.69 Å². The van der Waals surface area contributed by atoms with Crippen LogP contribution in [0.5, 0.6) is 0 Å². The van der Waals surface area contributed by atoms with E-state index in [0.29, 0.717) is 25.4 Å². The molecule has 1 aliphatic rings. The number of carboxylic acids is 1. The molecule has 1 N–H and O–H groups in total. The maximum atomic E-state index is 11.2. The number of hydrogen-bond acceptors (Lipinski definition) is 5. The number of ether oxygens (including phenoxy) is 1. The first-order valence-electron chi connectivity index (χ1n) is 5.87. The van der Waals surface area contributed by atoms with Crippen LogP contribution in [-0.2, 0) is 4.74 Å². The maximum Gasteiger partial charge on any atom is 0.337 e. The minimum absolute atomic E-state index is 0.0196. The van der Waals surface area contributed by atoms with Crippen molar-refractivity contribution >= 4 is 17.3 Å². The van der Waals surface area contributed by atoms with E-state index in [-0.39, 0.29) is 17.3 Å². The molecule has 1 atom stereocenters. The Balaban J connectivity index is 2.47. The molecule has 7 heteroatoms. The number of nitro groups is 1. The molecule has 0 aliphatic carbocycles. The summed E-state index contributed by atoms with van der Waals surface area (Å²) < 4.78 is 5.29. The first kappa shape index (κ1) is 13.3. The van der Waals surface area contributed by atoms with Gasteiger partial charge in [-0.2, -0.15) is 0 Å². The number of morpholine rings is 1. The summed E-state index contributed by atoms with van der Waals surface area (Å²) in [5, 5.41) is 20.0. The van der Waals surface area contributed by atoms with Crippen LogP contribution < -0.4 is 4.90 Å². The van der Waals surface area contributed by atoms with Crippen molar-refractivity contribution in [3.05, 3.63) is 33.9 Å². The average molecular weight is 266 g/mol. The van der Waals surface area contributed by atoms with E-state index in [1.54, 1.807) is 0 Å².